The van der Waals surface area contributed by atoms with Crippen molar-refractivity contribution in [3.05, 3.63) is 83.9 Å². The van der Waals surface area contributed by atoms with E-state index in [0.717, 1.165) is 18.8 Å². The van der Waals surface area contributed by atoms with Crippen LogP contribution in [-0.2, 0) is 6.61 Å². The summed E-state index contributed by atoms with van der Waals surface area (Å²) in [6, 6.07) is 25.8. The number of rotatable bonds is 5. The van der Waals surface area contributed by atoms with E-state index in [4.69, 9.17) is 4.74 Å². The Morgan fingerprint density at radius 2 is 1.62 bits per heavy atom. The van der Waals surface area contributed by atoms with Gasteiger partial charge in [0.1, 0.15) is 12.4 Å². The maximum Gasteiger partial charge on any atom is 0.127 e. The van der Waals surface area contributed by atoms with Gasteiger partial charge in [0.05, 0.1) is 0 Å². The third kappa shape index (κ3) is 3.31. The van der Waals surface area contributed by atoms with Gasteiger partial charge in [0.15, 0.2) is 0 Å². The topological polar surface area (TPSA) is 12.5 Å². The number of hydrogen-bond donors (Lipinski definition) is 0. The summed E-state index contributed by atoms with van der Waals surface area (Å²) in [5.74, 6) is 0.944. The lowest BCUT2D eigenvalue weighted by atomic mass is 10.0. The summed E-state index contributed by atoms with van der Waals surface area (Å²) in [7, 11) is 0. The molecule has 148 valence electrons. The first kappa shape index (κ1) is 18.3. The number of piperidine rings is 1. The molecule has 2 unspecified atom stereocenters. The van der Waals surface area contributed by atoms with E-state index in [-0.39, 0.29) is 0 Å². The van der Waals surface area contributed by atoms with Gasteiger partial charge in [-0.25, -0.2) is 0 Å². The van der Waals surface area contributed by atoms with Gasteiger partial charge in [-0.1, -0.05) is 67.9 Å². The molecule has 2 heteroatoms. The molecule has 2 nitrogen and oxygen atoms in total. The smallest absolute Gasteiger partial charge is 0.127 e. The van der Waals surface area contributed by atoms with Crippen LogP contribution >= 0.6 is 0 Å². The van der Waals surface area contributed by atoms with Crippen LogP contribution in [0, 0.1) is 17.8 Å². The molecule has 0 N–H and O–H groups in total. The van der Waals surface area contributed by atoms with Crippen molar-refractivity contribution in [1.29, 1.82) is 0 Å². The SMILES string of the molecule is Cc1ccc(OCc2ccccc2)c(-c2cccc(N3CC4(C)CC4(C)C3)c2)c1. The standard InChI is InChI=1S/C27H29NO/c1-20-12-13-25(29-16-21-8-5-4-6-9-21)24(14-20)22-10-7-11-23(15-22)28-18-26(2)17-27(26,3)19-28/h4-15H,16-19H2,1-3H3. The lowest BCUT2D eigenvalue weighted by molar-refractivity contribution is 0.307. The third-order valence-electron chi connectivity index (χ3n) is 7.09. The first-order valence-corrected chi connectivity index (χ1v) is 10.6. The Hall–Kier alpha value is -2.74. The molecule has 1 heterocycles. The number of anilines is 1. The van der Waals surface area contributed by atoms with Gasteiger partial charge in [-0.2, -0.15) is 0 Å². The molecule has 0 radical (unpaired) electrons. The van der Waals surface area contributed by atoms with Crippen molar-refractivity contribution >= 4 is 5.69 Å². The second-order valence-electron chi connectivity index (χ2n) is 9.48. The van der Waals surface area contributed by atoms with E-state index in [0.29, 0.717) is 17.4 Å². The highest BCUT2D eigenvalue weighted by molar-refractivity contribution is 5.74. The fourth-order valence-electron chi connectivity index (χ4n) is 4.99. The van der Waals surface area contributed by atoms with E-state index in [1.807, 2.05) is 6.07 Å². The number of hydrogen-bond acceptors (Lipinski definition) is 2. The summed E-state index contributed by atoms with van der Waals surface area (Å²) in [5, 5.41) is 0. The summed E-state index contributed by atoms with van der Waals surface area (Å²) in [6.45, 7) is 9.93. The van der Waals surface area contributed by atoms with E-state index in [2.05, 4.69) is 92.4 Å². The second-order valence-corrected chi connectivity index (χ2v) is 9.48. The van der Waals surface area contributed by atoms with Crippen LogP contribution in [0.2, 0.25) is 0 Å². The number of benzene rings is 3. The molecule has 2 aliphatic rings. The molecule has 2 atom stereocenters. The van der Waals surface area contributed by atoms with E-state index < -0.39 is 0 Å². The van der Waals surface area contributed by atoms with Crippen molar-refractivity contribution in [1.82, 2.24) is 0 Å². The van der Waals surface area contributed by atoms with Crippen LogP contribution in [0.3, 0.4) is 0 Å². The predicted octanol–water partition coefficient (Wildman–Crippen LogP) is 6.48. The average molecular weight is 384 g/mol. The number of nitrogens with zero attached hydrogens (tertiary/aromatic N) is 1. The minimum atomic E-state index is 0.496. The Kier molecular flexibility index (Phi) is 4.20. The highest BCUT2D eigenvalue weighted by Crippen LogP contribution is 2.68. The lowest BCUT2D eigenvalue weighted by Crippen LogP contribution is -2.24. The fourth-order valence-corrected chi connectivity index (χ4v) is 4.99. The third-order valence-corrected chi connectivity index (χ3v) is 7.09. The maximum absolute atomic E-state index is 6.24. The quantitative estimate of drug-likeness (QED) is 0.500. The average Bonchev–Trinajstić information content (AvgIpc) is 3.15. The van der Waals surface area contributed by atoms with E-state index >= 15 is 0 Å². The Balaban J connectivity index is 1.43. The molecule has 1 aliphatic heterocycles. The van der Waals surface area contributed by atoms with Gasteiger partial charge < -0.3 is 9.64 Å². The largest absolute Gasteiger partial charge is 0.488 e. The molecular formula is C27H29NO. The molecule has 0 bridgehead atoms. The van der Waals surface area contributed by atoms with Gasteiger partial charge in [0.25, 0.3) is 0 Å². The van der Waals surface area contributed by atoms with Crippen LogP contribution in [0.25, 0.3) is 11.1 Å². The molecular weight excluding hydrogens is 354 g/mol. The zero-order chi connectivity index (χ0) is 20.1. The number of ether oxygens (including phenoxy) is 1. The molecule has 5 rings (SSSR count). The molecule has 0 aromatic heterocycles. The van der Waals surface area contributed by atoms with Crippen molar-refractivity contribution in [2.24, 2.45) is 10.8 Å². The van der Waals surface area contributed by atoms with Crippen LogP contribution in [0.15, 0.2) is 72.8 Å². The summed E-state index contributed by atoms with van der Waals surface area (Å²) < 4.78 is 6.24. The summed E-state index contributed by atoms with van der Waals surface area (Å²) in [4.78, 5) is 2.56. The normalized spacial score (nSPS) is 25.0. The molecule has 0 amide bonds. The minimum Gasteiger partial charge on any atom is -0.488 e. The Bertz CT molecular complexity index is 1030. The molecule has 3 aromatic carbocycles. The molecule has 1 saturated heterocycles. The van der Waals surface area contributed by atoms with Gasteiger partial charge >= 0.3 is 0 Å². The zero-order valence-electron chi connectivity index (χ0n) is 17.6. The highest BCUT2D eigenvalue weighted by atomic mass is 16.5. The Morgan fingerprint density at radius 1 is 0.862 bits per heavy atom. The van der Waals surface area contributed by atoms with Crippen molar-refractivity contribution < 1.29 is 4.74 Å². The highest BCUT2D eigenvalue weighted by Gasteiger charge is 2.66. The van der Waals surface area contributed by atoms with Crippen LogP contribution < -0.4 is 9.64 Å². The van der Waals surface area contributed by atoms with Crippen LogP contribution in [-0.4, -0.2) is 13.1 Å². The first-order chi connectivity index (χ1) is 14.0. The van der Waals surface area contributed by atoms with Gasteiger partial charge in [0.2, 0.25) is 0 Å². The number of aryl methyl sites for hydroxylation is 1. The Labute approximate surface area is 174 Å². The van der Waals surface area contributed by atoms with E-state index in [9.17, 15) is 0 Å². The van der Waals surface area contributed by atoms with Crippen molar-refractivity contribution in [3.63, 3.8) is 0 Å². The maximum atomic E-state index is 6.24. The lowest BCUT2D eigenvalue weighted by Gasteiger charge is -2.23. The summed E-state index contributed by atoms with van der Waals surface area (Å²) >= 11 is 0. The Morgan fingerprint density at radius 3 is 2.38 bits per heavy atom. The van der Waals surface area contributed by atoms with Crippen LogP contribution in [0.4, 0.5) is 5.69 Å². The fraction of sp³-hybridized carbons (Fsp3) is 0.333. The van der Waals surface area contributed by atoms with Gasteiger partial charge in [-0.15, -0.1) is 0 Å². The van der Waals surface area contributed by atoms with E-state index in [1.54, 1.807) is 0 Å². The van der Waals surface area contributed by atoms with Crippen molar-refractivity contribution in [2.45, 2.75) is 33.8 Å². The summed E-state index contributed by atoms with van der Waals surface area (Å²) in [6.07, 6.45) is 1.37. The molecule has 2 fully saturated rings. The molecule has 29 heavy (non-hydrogen) atoms. The zero-order valence-corrected chi connectivity index (χ0v) is 17.6. The summed E-state index contributed by atoms with van der Waals surface area (Å²) in [5.41, 5.74) is 7.15. The van der Waals surface area contributed by atoms with Gasteiger partial charge in [0, 0.05) is 24.3 Å². The monoisotopic (exact) mass is 383 g/mol. The molecule has 0 spiro atoms. The molecule has 1 aliphatic carbocycles. The van der Waals surface area contributed by atoms with Crippen molar-refractivity contribution in [3.8, 4) is 16.9 Å². The molecule has 1 saturated carbocycles. The second kappa shape index (κ2) is 6.66. The van der Waals surface area contributed by atoms with Gasteiger partial charge in [-0.3, -0.25) is 0 Å². The van der Waals surface area contributed by atoms with Gasteiger partial charge in [-0.05, 0) is 59.6 Å². The van der Waals surface area contributed by atoms with E-state index in [1.165, 1.54) is 34.4 Å². The van der Waals surface area contributed by atoms with Crippen molar-refractivity contribution in [2.75, 3.05) is 18.0 Å². The predicted molar refractivity (Wildman–Crippen MR) is 120 cm³/mol. The van der Waals surface area contributed by atoms with Crippen LogP contribution in [0.1, 0.15) is 31.4 Å². The van der Waals surface area contributed by atoms with Crippen LogP contribution in [0.5, 0.6) is 5.75 Å². The number of fused-ring (bicyclic) bond motifs is 1. The molecule has 3 aromatic rings. The minimum absolute atomic E-state index is 0.496. The first-order valence-electron chi connectivity index (χ1n) is 10.6.